The Hall–Kier alpha value is -1.39. The van der Waals surface area contributed by atoms with Gasteiger partial charge in [0.2, 0.25) is 0 Å². The standard InChI is InChI=1S/C14H19NO3/c16-14(17)8-11-3-5-12(6-4-11)9-15-10-13-2-1-7-18-13/h3-6,13,15H,1-2,7-10H2,(H,16,17). The normalized spacial score (nSPS) is 19.0. The van der Waals surface area contributed by atoms with Gasteiger partial charge in [-0.05, 0) is 24.0 Å². The number of carboxylic acids is 1. The summed E-state index contributed by atoms with van der Waals surface area (Å²) in [7, 11) is 0. The van der Waals surface area contributed by atoms with Gasteiger partial charge in [0.25, 0.3) is 0 Å². The molecule has 1 atom stereocenters. The third-order valence-corrected chi connectivity index (χ3v) is 3.10. The first kappa shape index (κ1) is 13.1. The summed E-state index contributed by atoms with van der Waals surface area (Å²) in [5, 5.41) is 12.0. The second-order valence-electron chi connectivity index (χ2n) is 4.65. The fourth-order valence-electron chi connectivity index (χ4n) is 2.13. The van der Waals surface area contributed by atoms with Gasteiger partial charge in [-0.15, -0.1) is 0 Å². The highest BCUT2D eigenvalue weighted by Gasteiger charge is 2.14. The Morgan fingerprint density at radius 2 is 2.06 bits per heavy atom. The molecule has 4 nitrogen and oxygen atoms in total. The van der Waals surface area contributed by atoms with Crippen molar-refractivity contribution in [2.75, 3.05) is 13.2 Å². The SMILES string of the molecule is O=C(O)Cc1ccc(CNCC2CCCO2)cc1. The zero-order valence-electron chi connectivity index (χ0n) is 10.4. The molecule has 1 aliphatic heterocycles. The first-order valence-electron chi connectivity index (χ1n) is 6.36. The summed E-state index contributed by atoms with van der Waals surface area (Å²) in [5.74, 6) is -0.792. The van der Waals surface area contributed by atoms with E-state index in [0.717, 1.165) is 38.1 Å². The van der Waals surface area contributed by atoms with E-state index in [1.54, 1.807) is 0 Å². The van der Waals surface area contributed by atoms with Crippen molar-refractivity contribution in [2.24, 2.45) is 0 Å². The number of ether oxygens (including phenoxy) is 1. The predicted molar refractivity (Wildman–Crippen MR) is 68.5 cm³/mol. The van der Waals surface area contributed by atoms with Gasteiger partial charge in [-0.1, -0.05) is 24.3 Å². The maximum absolute atomic E-state index is 10.5. The highest BCUT2D eigenvalue weighted by atomic mass is 16.5. The lowest BCUT2D eigenvalue weighted by Gasteiger charge is -2.10. The van der Waals surface area contributed by atoms with Crippen LogP contribution in [0.25, 0.3) is 0 Å². The number of nitrogens with one attached hydrogen (secondary N) is 1. The van der Waals surface area contributed by atoms with Crippen LogP contribution in [0, 0.1) is 0 Å². The van der Waals surface area contributed by atoms with Crippen LogP contribution in [-0.2, 0) is 22.5 Å². The summed E-state index contributed by atoms with van der Waals surface area (Å²) < 4.78 is 5.53. The summed E-state index contributed by atoms with van der Waals surface area (Å²) in [4.78, 5) is 10.5. The molecular weight excluding hydrogens is 230 g/mol. The van der Waals surface area contributed by atoms with Crippen LogP contribution in [0.2, 0.25) is 0 Å². The summed E-state index contributed by atoms with van der Waals surface area (Å²) in [6.45, 7) is 2.57. The number of carbonyl (C=O) groups is 1. The van der Waals surface area contributed by atoms with E-state index in [4.69, 9.17) is 9.84 Å². The van der Waals surface area contributed by atoms with Crippen LogP contribution in [0.1, 0.15) is 24.0 Å². The Kier molecular flexibility index (Phi) is 4.73. The van der Waals surface area contributed by atoms with Crippen LogP contribution in [0.5, 0.6) is 0 Å². The lowest BCUT2D eigenvalue weighted by molar-refractivity contribution is -0.136. The smallest absolute Gasteiger partial charge is 0.307 e. The first-order chi connectivity index (χ1) is 8.74. The van der Waals surface area contributed by atoms with Crippen LogP contribution < -0.4 is 5.32 Å². The summed E-state index contributed by atoms with van der Waals surface area (Å²) in [6, 6.07) is 7.69. The fourth-order valence-corrected chi connectivity index (χ4v) is 2.13. The summed E-state index contributed by atoms with van der Waals surface area (Å²) in [6.07, 6.45) is 2.75. The molecule has 1 heterocycles. The molecule has 0 aromatic heterocycles. The van der Waals surface area contributed by atoms with Crippen molar-refractivity contribution in [1.82, 2.24) is 5.32 Å². The molecule has 2 N–H and O–H groups in total. The third kappa shape index (κ3) is 4.13. The average Bonchev–Trinajstić information content (AvgIpc) is 2.84. The molecule has 0 saturated carbocycles. The molecule has 0 radical (unpaired) electrons. The highest BCUT2D eigenvalue weighted by molar-refractivity contribution is 5.70. The molecule has 1 unspecified atom stereocenters. The molecule has 0 aliphatic carbocycles. The van der Waals surface area contributed by atoms with Crippen LogP contribution in [0.15, 0.2) is 24.3 Å². The highest BCUT2D eigenvalue weighted by Crippen LogP contribution is 2.11. The Morgan fingerprint density at radius 1 is 1.33 bits per heavy atom. The topological polar surface area (TPSA) is 58.6 Å². The van der Waals surface area contributed by atoms with E-state index in [1.807, 2.05) is 24.3 Å². The molecule has 0 bridgehead atoms. The lowest BCUT2D eigenvalue weighted by atomic mass is 10.1. The Balaban J connectivity index is 1.73. The van der Waals surface area contributed by atoms with E-state index in [0.29, 0.717) is 6.10 Å². The summed E-state index contributed by atoms with van der Waals surface area (Å²) >= 11 is 0. The minimum Gasteiger partial charge on any atom is -0.481 e. The van der Waals surface area contributed by atoms with E-state index in [-0.39, 0.29) is 6.42 Å². The maximum Gasteiger partial charge on any atom is 0.307 e. The number of hydrogen-bond donors (Lipinski definition) is 2. The van der Waals surface area contributed by atoms with E-state index < -0.39 is 5.97 Å². The largest absolute Gasteiger partial charge is 0.481 e. The van der Waals surface area contributed by atoms with Crippen LogP contribution in [-0.4, -0.2) is 30.3 Å². The monoisotopic (exact) mass is 249 g/mol. The van der Waals surface area contributed by atoms with Crippen molar-refractivity contribution in [3.05, 3.63) is 35.4 Å². The summed E-state index contributed by atoms with van der Waals surface area (Å²) in [5.41, 5.74) is 2.01. The van der Waals surface area contributed by atoms with Gasteiger partial charge in [0, 0.05) is 19.7 Å². The Labute approximate surface area is 107 Å². The van der Waals surface area contributed by atoms with Gasteiger partial charge >= 0.3 is 5.97 Å². The van der Waals surface area contributed by atoms with E-state index in [2.05, 4.69) is 5.32 Å². The minimum absolute atomic E-state index is 0.0869. The molecule has 2 rings (SSSR count). The molecule has 0 amide bonds. The van der Waals surface area contributed by atoms with Crippen LogP contribution in [0.4, 0.5) is 0 Å². The van der Waals surface area contributed by atoms with Gasteiger partial charge in [-0.2, -0.15) is 0 Å². The van der Waals surface area contributed by atoms with Gasteiger partial charge in [-0.3, -0.25) is 4.79 Å². The predicted octanol–water partition coefficient (Wildman–Crippen LogP) is 1.58. The van der Waals surface area contributed by atoms with E-state index in [9.17, 15) is 4.79 Å². The Morgan fingerprint density at radius 3 is 2.67 bits per heavy atom. The molecule has 0 spiro atoms. The van der Waals surface area contributed by atoms with Crippen molar-refractivity contribution in [1.29, 1.82) is 0 Å². The van der Waals surface area contributed by atoms with E-state index >= 15 is 0 Å². The Bertz CT molecular complexity index is 383. The zero-order valence-corrected chi connectivity index (χ0v) is 10.4. The van der Waals surface area contributed by atoms with E-state index in [1.165, 1.54) is 5.56 Å². The molecule has 4 heteroatoms. The molecule has 1 aliphatic rings. The van der Waals surface area contributed by atoms with Crippen molar-refractivity contribution in [2.45, 2.75) is 31.9 Å². The molecule has 1 aromatic rings. The second kappa shape index (κ2) is 6.52. The molecule has 18 heavy (non-hydrogen) atoms. The van der Waals surface area contributed by atoms with Crippen molar-refractivity contribution in [3.8, 4) is 0 Å². The van der Waals surface area contributed by atoms with Crippen molar-refractivity contribution < 1.29 is 14.6 Å². The average molecular weight is 249 g/mol. The number of hydrogen-bond acceptors (Lipinski definition) is 3. The first-order valence-corrected chi connectivity index (χ1v) is 6.36. The van der Waals surface area contributed by atoms with Gasteiger partial charge in [-0.25, -0.2) is 0 Å². The van der Waals surface area contributed by atoms with Gasteiger partial charge in [0.1, 0.15) is 0 Å². The molecule has 1 saturated heterocycles. The van der Waals surface area contributed by atoms with Crippen LogP contribution in [0.3, 0.4) is 0 Å². The van der Waals surface area contributed by atoms with Crippen LogP contribution >= 0.6 is 0 Å². The van der Waals surface area contributed by atoms with Crippen molar-refractivity contribution in [3.63, 3.8) is 0 Å². The van der Waals surface area contributed by atoms with Gasteiger partial charge in [0.15, 0.2) is 0 Å². The number of benzene rings is 1. The minimum atomic E-state index is -0.792. The number of rotatable bonds is 6. The molecule has 1 fully saturated rings. The molecular formula is C14H19NO3. The zero-order chi connectivity index (χ0) is 12.8. The fraction of sp³-hybridized carbons (Fsp3) is 0.500. The second-order valence-corrected chi connectivity index (χ2v) is 4.65. The number of carboxylic acid groups (broad SMARTS) is 1. The molecule has 98 valence electrons. The van der Waals surface area contributed by atoms with Gasteiger partial charge in [0.05, 0.1) is 12.5 Å². The van der Waals surface area contributed by atoms with Gasteiger partial charge < -0.3 is 15.2 Å². The third-order valence-electron chi connectivity index (χ3n) is 3.10. The number of aliphatic carboxylic acids is 1. The van der Waals surface area contributed by atoms with Crippen molar-refractivity contribution >= 4 is 5.97 Å². The lowest BCUT2D eigenvalue weighted by Crippen LogP contribution is -2.25. The molecule has 1 aromatic carbocycles. The quantitative estimate of drug-likeness (QED) is 0.803. The maximum atomic E-state index is 10.5.